The SMILES string of the molecule is O=C(O)C1(Cc2ccccc2F)COCCN1. The number of hydrogen-bond acceptors (Lipinski definition) is 3. The number of aliphatic carboxylic acids is 1. The fraction of sp³-hybridized carbons (Fsp3) is 0.417. The number of carbonyl (C=O) groups is 1. The molecule has 0 aromatic heterocycles. The van der Waals surface area contributed by atoms with Gasteiger partial charge in [0.05, 0.1) is 13.2 Å². The molecule has 1 aromatic rings. The van der Waals surface area contributed by atoms with Crippen LogP contribution < -0.4 is 5.32 Å². The van der Waals surface area contributed by atoms with Crippen molar-refractivity contribution >= 4 is 5.97 Å². The fourth-order valence-electron chi connectivity index (χ4n) is 1.95. The number of morpholine rings is 1. The zero-order valence-corrected chi connectivity index (χ0v) is 9.28. The van der Waals surface area contributed by atoms with Crippen LogP contribution in [0, 0.1) is 5.82 Å². The Hall–Kier alpha value is -1.46. The number of benzene rings is 1. The lowest BCUT2D eigenvalue weighted by molar-refractivity contribution is -0.150. The maximum Gasteiger partial charge on any atom is 0.326 e. The van der Waals surface area contributed by atoms with Crippen molar-refractivity contribution in [3.63, 3.8) is 0 Å². The molecule has 0 spiro atoms. The lowest BCUT2D eigenvalue weighted by Gasteiger charge is -2.34. The van der Waals surface area contributed by atoms with E-state index in [1.807, 2.05) is 0 Å². The molecule has 1 aliphatic rings. The number of rotatable bonds is 3. The average molecular weight is 239 g/mol. The molecule has 0 aliphatic carbocycles. The molecule has 5 heteroatoms. The molecule has 0 amide bonds. The van der Waals surface area contributed by atoms with E-state index in [2.05, 4.69) is 5.32 Å². The minimum absolute atomic E-state index is 0.0522. The van der Waals surface area contributed by atoms with Crippen LogP contribution in [-0.2, 0) is 16.0 Å². The predicted molar refractivity (Wildman–Crippen MR) is 59.3 cm³/mol. The van der Waals surface area contributed by atoms with Crippen molar-refractivity contribution in [1.29, 1.82) is 0 Å². The van der Waals surface area contributed by atoms with Gasteiger partial charge in [0.25, 0.3) is 0 Å². The minimum Gasteiger partial charge on any atom is -0.480 e. The van der Waals surface area contributed by atoms with Crippen LogP contribution in [0.1, 0.15) is 5.56 Å². The number of hydrogen-bond donors (Lipinski definition) is 2. The summed E-state index contributed by atoms with van der Waals surface area (Å²) in [6.07, 6.45) is 0.0784. The Labute approximate surface area is 98.4 Å². The fourth-order valence-corrected chi connectivity index (χ4v) is 1.95. The van der Waals surface area contributed by atoms with Crippen LogP contribution in [0.2, 0.25) is 0 Å². The molecular weight excluding hydrogens is 225 g/mol. The van der Waals surface area contributed by atoms with Gasteiger partial charge in [-0.2, -0.15) is 0 Å². The third-order valence-electron chi connectivity index (χ3n) is 2.92. The Morgan fingerprint density at radius 1 is 1.53 bits per heavy atom. The van der Waals surface area contributed by atoms with E-state index in [1.165, 1.54) is 6.07 Å². The van der Waals surface area contributed by atoms with Crippen LogP contribution in [0.5, 0.6) is 0 Å². The van der Waals surface area contributed by atoms with Crippen LogP contribution in [0.4, 0.5) is 4.39 Å². The number of halogens is 1. The number of carboxylic acid groups (broad SMARTS) is 1. The van der Waals surface area contributed by atoms with Gasteiger partial charge in [-0.15, -0.1) is 0 Å². The maximum absolute atomic E-state index is 13.5. The Kier molecular flexibility index (Phi) is 3.40. The number of carboxylic acids is 1. The second-order valence-electron chi connectivity index (χ2n) is 4.13. The molecule has 17 heavy (non-hydrogen) atoms. The van der Waals surface area contributed by atoms with Crippen molar-refractivity contribution in [2.75, 3.05) is 19.8 Å². The van der Waals surface area contributed by atoms with E-state index in [4.69, 9.17) is 4.74 Å². The Balaban J connectivity index is 2.24. The van der Waals surface area contributed by atoms with Crippen molar-refractivity contribution in [3.05, 3.63) is 35.6 Å². The summed E-state index contributed by atoms with van der Waals surface area (Å²) in [5.74, 6) is -1.40. The van der Waals surface area contributed by atoms with Crippen molar-refractivity contribution in [2.45, 2.75) is 12.0 Å². The van der Waals surface area contributed by atoms with E-state index in [1.54, 1.807) is 18.2 Å². The molecule has 1 unspecified atom stereocenters. The van der Waals surface area contributed by atoms with Crippen LogP contribution >= 0.6 is 0 Å². The molecule has 0 bridgehead atoms. The van der Waals surface area contributed by atoms with Gasteiger partial charge in [-0.3, -0.25) is 10.1 Å². The summed E-state index contributed by atoms with van der Waals surface area (Å²) in [6, 6.07) is 6.19. The third kappa shape index (κ3) is 2.45. The first-order chi connectivity index (χ1) is 8.14. The Bertz CT molecular complexity index is 416. The lowest BCUT2D eigenvalue weighted by Crippen LogP contribution is -2.61. The zero-order chi connectivity index (χ0) is 12.3. The molecule has 1 heterocycles. The molecule has 2 N–H and O–H groups in total. The van der Waals surface area contributed by atoms with E-state index in [0.29, 0.717) is 18.7 Å². The summed E-state index contributed by atoms with van der Waals surface area (Å²) >= 11 is 0. The number of ether oxygens (including phenoxy) is 1. The summed E-state index contributed by atoms with van der Waals surface area (Å²) in [6.45, 7) is 0.990. The summed E-state index contributed by atoms with van der Waals surface area (Å²) in [5.41, 5.74) is -0.839. The predicted octanol–water partition coefficient (Wildman–Crippen LogP) is 0.811. The molecule has 92 valence electrons. The van der Waals surface area contributed by atoms with Gasteiger partial charge in [-0.05, 0) is 11.6 Å². The van der Waals surface area contributed by atoms with Gasteiger partial charge in [-0.1, -0.05) is 18.2 Å². The molecule has 1 aliphatic heterocycles. The minimum atomic E-state index is -1.22. The number of nitrogens with one attached hydrogen (secondary N) is 1. The van der Waals surface area contributed by atoms with Gasteiger partial charge in [0.15, 0.2) is 0 Å². The molecule has 0 saturated carbocycles. The highest BCUT2D eigenvalue weighted by atomic mass is 19.1. The van der Waals surface area contributed by atoms with E-state index in [-0.39, 0.29) is 18.8 Å². The summed E-state index contributed by atoms with van der Waals surface area (Å²) in [4.78, 5) is 11.3. The maximum atomic E-state index is 13.5. The summed E-state index contributed by atoms with van der Waals surface area (Å²) in [5, 5.41) is 12.2. The normalized spacial score (nSPS) is 24.5. The monoisotopic (exact) mass is 239 g/mol. The first-order valence-corrected chi connectivity index (χ1v) is 5.44. The second-order valence-corrected chi connectivity index (χ2v) is 4.13. The van der Waals surface area contributed by atoms with E-state index in [0.717, 1.165) is 0 Å². The molecular formula is C12H14FNO3. The van der Waals surface area contributed by atoms with Gasteiger partial charge in [0.1, 0.15) is 11.4 Å². The molecule has 1 fully saturated rings. The van der Waals surface area contributed by atoms with E-state index in [9.17, 15) is 14.3 Å². The highest BCUT2D eigenvalue weighted by molar-refractivity contribution is 5.79. The summed E-state index contributed by atoms with van der Waals surface area (Å²) < 4.78 is 18.7. The first-order valence-electron chi connectivity index (χ1n) is 5.44. The highest BCUT2D eigenvalue weighted by Crippen LogP contribution is 2.19. The van der Waals surface area contributed by atoms with Gasteiger partial charge in [0.2, 0.25) is 0 Å². The molecule has 1 aromatic carbocycles. The average Bonchev–Trinajstić information content (AvgIpc) is 2.33. The molecule has 1 atom stereocenters. The largest absolute Gasteiger partial charge is 0.480 e. The van der Waals surface area contributed by atoms with Gasteiger partial charge in [0, 0.05) is 13.0 Å². The van der Waals surface area contributed by atoms with Gasteiger partial charge >= 0.3 is 5.97 Å². The standard InChI is InChI=1S/C12H14FNO3/c13-10-4-2-1-3-9(10)7-12(11(15)16)8-17-6-5-14-12/h1-4,14H,5-8H2,(H,15,16). The quantitative estimate of drug-likeness (QED) is 0.819. The Morgan fingerprint density at radius 2 is 2.29 bits per heavy atom. The third-order valence-corrected chi connectivity index (χ3v) is 2.92. The van der Waals surface area contributed by atoms with Gasteiger partial charge in [-0.25, -0.2) is 4.39 Å². The van der Waals surface area contributed by atoms with Crippen molar-refractivity contribution in [1.82, 2.24) is 5.32 Å². The highest BCUT2D eigenvalue weighted by Gasteiger charge is 2.41. The van der Waals surface area contributed by atoms with E-state index >= 15 is 0 Å². The van der Waals surface area contributed by atoms with Crippen LogP contribution in [0.25, 0.3) is 0 Å². The molecule has 2 rings (SSSR count). The lowest BCUT2D eigenvalue weighted by atomic mass is 9.90. The van der Waals surface area contributed by atoms with E-state index < -0.39 is 11.5 Å². The van der Waals surface area contributed by atoms with Crippen LogP contribution in [0.3, 0.4) is 0 Å². The van der Waals surface area contributed by atoms with Crippen molar-refractivity contribution in [2.24, 2.45) is 0 Å². The van der Waals surface area contributed by atoms with Crippen molar-refractivity contribution < 1.29 is 19.0 Å². The topological polar surface area (TPSA) is 58.6 Å². The van der Waals surface area contributed by atoms with Crippen LogP contribution in [0.15, 0.2) is 24.3 Å². The van der Waals surface area contributed by atoms with Crippen LogP contribution in [-0.4, -0.2) is 36.4 Å². The second kappa shape index (κ2) is 4.81. The Morgan fingerprint density at radius 3 is 2.88 bits per heavy atom. The molecule has 1 saturated heterocycles. The molecule has 0 radical (unpaired) electrons. The van der Waals surface area contributed by atoms with Gasteiger partial charge < -0.3 is 9.84 Å². The smallest absolute Gasteiger partial charge is 0.326 e. The molecule has 4 nitrogen and oxygen atoms in total. The van der Waals surface area contributed by atoms with Crippen molar-refractivity contribution in [3.8, 4) is 0 Å². The first kappa shape index (κ1) is 12.0. The zero-order valence-electron chi connectivity index (χ0n) is 9.28. The summed E-state index contributed by atoms with van der Waals surface area (Å²) in [7, 11) is 0.